The fraction of sp³-hybridized carbons (Fsp3) is 0. The minimum absolute atomic E-state index is 0.0725. The minimum atomic E-state index is -0.645. The van der Waals surface area contributed by atoms with Gasteiger partial charge in [0.25, 0.3) is 5.69 Å². The van der Waals surface area contributed by atoms with E-state index >= 15 is 0 Å². The summed E-state index contributed by atoms with van der Waals surface area (Å²) in [7, 11) is 0. The minimum Gasteiger partial charge on any atom is -0.339 e. The number of benzene rings is 1. The van der Waals surface area contributed by atoms with E-state index in [0.29, 0.717) is 6.29 Å². The van der Waals surface area contributed by atoms with Crippen LogP contribution in [0.25, 0.3) is 0 Å². The first-order chi connectivity index (χ1) is 6.19. The standard InChI is InChI=1S/C7H5NO5/c9-4-5-3-6(8(10)11)1-2-7(5)13-12/h1-4,12H. The van der Waals surface area contributed by atoms with Crippen LogP contribution in [0.15, 0.2) is 18.2 Å². The van der Waals surface area contributed by atoms with E-state index < -0.39 is 4.92 Å². The molecule has 0 aliphatic heterocycles. The average molecular weight is 183 g/mol. The maximum Gasteiger partial charge on any atom is 0.270 e. The number of non-ortho nitro benzene ring substituents is 1. The summed E-state index contributed by atoms with van der Waals surface area (Å²) in [5.74, 6) is -0.111. The van der Waals surface area contributed by atoms with Crippen molar-refractivity contribution < 1.29 is 19.9 Å². The molecule has 13 heavy (non-hydrogen) atoms. The molecule has 0 saturated heterocycles. The van der Waals surface area contributed by atoms with Gasteiger partial charge in [-0.1, -0.05) is 0 Å². The van der Waals surface area contributed by atoms with Crippen molar-refractivity contribution in [1.29, 1.82) is 0 Å². The molecule has 0 saturated carbocycles. The van der Waals surface area contributed by atoms with Gasteiger partial charge >= 0.3 is 0 Å². The van der Waals surface area contributed by atoms with Crippen molar-refractivity contribution in [2.45, 2.75) is 0 Å². The van der Waals surface area contributed by atoms with Crippen LogP contribution in [-0.2, 0) is 0 Å². The van der Waals surface area contributed by atoms with Crippen molar-refractivity contribution in [3.05, 3.63) is 33.9 Å². The van der Waals surface area contributed by atoms with Crippen LogP contribution < -0.4 is 4.89 Å². The zero-order valence-electron chi connectivity index (χ0n) is 6.34. The fourth-order valence-electron chi connectivity index (χ4n) is 0.825. The van der Waals surface area contributed by atoms with Crippen LogP contribution in [-0.4, -0.2) is 16.5 Å². The van der Waals surface area contributed by atoms with E-state index in [-0.39, 0.29) is 17.0 Å². The Hall–Kier alpha value is -1.95. The molecule has 1 N–H and O–H groups in total. The molecule has 1 aromatic carbocycles. The Morgan fingerprint density at radius 3 is 2.69 bits per heavy atom. The third-order valence-corrected chi connectivity index (χ3v) is 1.43. The molecule has 6 heteroatoms. The first kappa shape index (κ1) is 9.14. The molecule has 0 aliphatic rings. The van der Waals surface area contributed by atoms with Gasteiger partial charge in [-0.15, -0.1) is 0 Å². The summed E-state index contributed by atoms with van der Waals surface area (Å²) in [5, 5.41) is 18.5. The Morgan fingerprint density at radius 1 is 1.54 bits per heavy atom. The fourth-order valence-corrected chi connectivity index (χ4v) is 0.825. The van der Waals surface area contributed by atoms with Gasteiger partial charge in [-0.2, -0.15) is 0 Å². The van der Waals surface area contributed by atoms with Gasteiger partial charge in [-0.25, -0.2) is 5.26 Å². The molecule has 1 aromatic rings. The monoisotopic (exact) mass is 183 g/mol. The summed E-state index contributed by atoms with van der Waals surface area (Å²) in [4.78, 5) is 23.8. The second-order valence-corrected chi connectivity index (χ2v) is 2.19. The molecule has 0 fully saturated rings. The van der Waals surface area contributed by atoms with Crippen molar-refractivity contribution in [3.63, 3.8) is 0 Å². The van der Waals surface area contributed by atoms with Crippen molar-refractivity contribution >= 4 is 12.0 Å². The second-order valence-electron chi connectivity index (χ2n) is 2.19. The zero-order valence-corrected chi connectivity index (χ0v) is 6.34. The summed E-state index contributed by atoms with van der Waals surface area (Å²) in [6.45, 7) is 0. The van der Waals surface area contributed by atoms with Crippen LogP contribution in [0.1, 0.15) is 10.4 Å². The van der Waals surface area contributed by atoms with Gasteiger partial charge < -0.3 is 4.89 Å². The molecule has 6 nitrogen and oxygen atoms in total. The molecule has 0 aromatic heterocycles. The van der Waals surface area contributed by atoms with Crippen LogP contribution in [0.5, 0.6) is 5.75 Å². The molecule has 0 spiro atoms. The number of carbonyl (C=O) groups excluding carboxylic acids is 1. The quantitative estimate of drug-likeness (QED) is 0.329. The van der Waals surface area contributed by atoms with Crippen molar-refractivity contribution in [2.75, 3.05) is 0 Å². The molecule has 0 radical (unpaired) electrons. The number of aldehydes is 1. The summed E-state index contributed by atoms with van der Waals surface area (Å²) in [6.07, 6.45) is 0.360. The van der Waals surface area contributed by atoms with E-state index in [4.69, 9.17) is 5.26 Å². The third-order valence-electron chi connectivity index (χ3n) is 1.43. The Labute approximate surface area is 72.4 Å². The Balaban J connectivity index is 3.20. The lowest BCUT2D eigenvalue weighted by Crippen LogP contribution is -1.94. The summed E-state index contributed by atoms with van der Waals surface area (Å²) in [6, 6.07) is 3.28. The molecule has 0 atom stereocenters. The number of carbonyl (C=O) groups is 1. The number of nitro benzene ring substituents is 1. The molecule has 0 unspecified atom stereocenters. The molecular formula is C7H5NO5. The summed E-state index contributed by atoms with van der Waals surface area (Å²) < 4.78 is 0. The number of nitrogens with zero attached hydrogens (tertiary/aromatic N) is 1. The lowest BCUT2D eigenvalue weighted by molar-refractivity contribution is -0.384. The van der Waals surface area contributed by atoms with Crippen molar-refractivity contribution in [3.8, 4) is 5.75 Å². The van der Waals surface area contributed by atoms with Crippen LogP contribution in [0.2, 0.25) is 0 Å². The highest BCUT2D eigenvalue weighted by molar-refractivity contribution is 5.80. The molecule has 0 heterocycles. The lowest BCUT2D eigenvalue weighted by atomic mass is 10.2. The van der Waals surface area contributed by atoms with Crippen LogP contribution in [0.4, 0.5) is 5.69 Å². The second kappa shape index (κ2) is 3.63. The number of nitro groups is 1. The van der Waals surface area contributed by atoms with Gasteiger partial charge in [-0.05, 0) is 6.07 Å². The molecule has 0 aliphatic carbocycles. The van der Waals surface area contributed by atoms with E-state index in [1.165, 1.54) is 0 Å². The van der Waals surface area contributed by atoms with Gasteiger partial charge in [0.1, 0.15) is 0 Å². The maximum absolute atomic E-state index is 10.3. The maximum atomic E-state index is 10.3. The number of hydrogen-bond acceptors (Lipinski definition) is 5. The molecular weight excluding hydrogens is 178 g/mol. The van der Waals surface area contributed by atoms with Gasteiger partial charge in [0.05, 0.1) is 10.5 Å². The van der Waals surface area contributed by atoms with E-state index in [2.05, 4.69) is 4.89 Å². The smallest absolute Gasteiger partial charge is 0.270 e. The van der Waals surface area contributed by atoms with Gasteiger partial charge in [0, 0.05) is 12.1 Å². The average Bonchev–Trinajstić information content (AvgIpc) is 2.16. The van der Waals surface area contributed by atoms with E-state index in [9.17, 15) is 14.9 Å². The summed E-state index contributed by atoms with van der Waals surface area (Å²) >= 11 is 0. The Kier molecular flexibility index (Phi) is 2.56. The normalized spacial score (nSPS) is 9.31. The van der Waals surface area contributed by atoms with Crippen molar-refractivity contribution in [1.82, 2.24) is 0 Å². The van der Waals surface area contributed by atoms with Crippen LogP contribution in [0.3, 0.4) is 0 Å². The highest BCUT2D eigenvalue weighted by atomic mass is 17.1. The number of hydrogen-bond donors (Lipinski definition) is 1. The molecule has 0 bridgehead atoms. The predicted molar refractivity (Wildman–Crippen MR) is 41.7 cm³/mol. The third kappa shape index (κ3) is 1.79. The largest absolute Gasteiger partial charge is 0.339 e. The van der Waals surface area contributed by atoms with Gasteiger partial charge in [-0.3, -0.25) is 14.9 Å². The summed E-state index contributed by atoms with van der Waals surface area (Å²) in [5.41, 5.74) is -0.306. The predicted octanol–water partition coefficient (Wildman–Crippen LogP) is 1.26. The van der Waals surface area contributed by atoms with Crippen LogP contribution >= 0.6 is 0 Å². The van der Waals surface area contributed by atoms with Gasteiger partial charge in [0.2, 0.25) is 0 Å². The topological polar surface area (TPSA) is 89.7 Å². The first-order valence-electron chi connectivity index (χ1n) is 3.24. The Morgan fingerprint density at radius 2 is 2.23 bits per heavy atom. The lowest BCUT2D eigenvalue weighted by Gasteiger charge is -1.98. The first-order valence-corrected chi connectivity index (χ1v) is 3.24. The molecule has 68 valence electrons. The van der Waals surface area contributed by atoms with E-state index in [0.717, 1.165) is 18.2 Å². The van der Waals surface area contributed by atoms with E-state index in [1.54, 1.807) is 0 Å². The Bertz CT molecular complexity index is 349. The van der Waals surface area contributed by atoms with Crippen molar-refractivity contribution in [2.24, 2.45) is 0 Å². The van der Waals surface area contributed by atoms with Gasteiger partial charge in [0.15, 0.2) is 12.0 Å². The highest BCUT2D eigenvalue weighted by Crippen LogP contribution is 2.21. The number of rotatable bonds is 3. The molecule has 1 rings (SSSR count). The molecule has 0 amide bonds. The van der Waals surface area contributed by atoms with Crippen LogP contribution in [0, 0.1) is 10.1 Å². The van der Waals surface area contributed by atoms with E-state index in [1.807, 2.05) is 0 Å². The zero-order chi connectivity index (χ0) is 9.84. The highest BCUT2D eigenvalue weighted by Gasteiger charge is 2.10. The SMILES string of the molecule is O=Cc1cc([N+](=O)[O-])ccc1OO.